The van der Waals surface area contributed by atoms with E-state index in [-0.39, 0.29) is 18.2 Å². The lowest BCUT2D eigenvalue weighted by Gasteiger charge is -2.20. The Morgan fingerprint density at radius 2 is 1.92 bits per heavy atom. The van der Waals surface area contributed by atoms with E-state index in [9.17, 15) is 15.0 Å². The molecule has 0 bridgehead atoms. The quantitative estimate of drug-likeness (QED) is 0.257. The molecule has 3 heterocycles. The van der Waals surface area contributed by atoms with Gasteiger partial charge in [-0.05, 0) is 57.3 Å². The number of imidazole rings is 1. The van der Waals surface area contributed by atoms with Gasteiger partial charge in [-0.3, -0.25) is 4.79 Å². The third-order valence-electron chi connectivity index (χ3n) is 6.30. The van der Waals surface area contributed by atoms with Gasteiger partial charge in [-0.15, -0.1) is 0 Å². The van der Waals surface area contributed by atoms with Crippen LogP contribution in [-0.4, -0.2) is 67.7 Å². The van der Waals surface area contributed by atoms with Crippen molar-refractivity contribution in [2.24, 2.45) is 7.05 Å². The summed E-state index contributed by atoms with van der Waals surface area (Å²) in [7, 11) is 5.42. The summed E-state index contributed by atoms with van der Waals surface area (Å²) in [6.45, 7) is 5.48. The molecule has 10 heteroatoms. The minimum atomic E-state index is -0.713. The number of carbonyl (C=O) groups excluding carboxylic acids is 1. The molecule has 4 aromatic rings. The third kappa shape index (κ3) is 5.55. The van der Waals surface area contributed by atoms with Crippen molar-refractivity contribution in [1.29, 1.82) is 0 Å². The van der Waals surface area contributed by atoms with E-state index in [0.29, 0.717) is 33.7 Å². The number of hydrogen-bond donors (Lipinski definition) is 4. The number of aryl methyl sites for hydroxylation is 1. The first-order valence-corrected chi connectivity index (χ1v) is 12.1. The maximum absolute atomic E-state index is 13.7. The van der Waals surface area contributed by atoms with Gasteiger partial charge in [-0.25, -0.2) is 15.0 Å². The summed E-state index contributed by atoms with van der Waals surface area (Å²) < 4.78 is 1.79. The highest BCUT2D eigenvalue weighted by Gasteiger charge is 2.21. The van der Waals surface area contributed by atoms with Gasteiger partial charge in [0.25, 0.3) is 5.91 Å². The number of anilines is 1. The smallest absolute Gasteiger partial charge is 0.254 e. The van der Waals surface area contributed by atoms with Crippen LogP contribution >= 0.6 is 0 Å². The summed E-state index contributed by atoms with van der Waals surface area (Å²) in [5.74, 6) is 0.349. The monoisotopic (exact) mass is 503 g/mol. The first kappa shape index (κ1) is 26.1. The van der Waals surface area contributed by atoms with Crippen molar-refractivity contribution in [2.75, 3.05) is 32.5 Å². The number of aliphatic hydroxyl groups is 1. The molecule has 0 saturated heterocycles. The molecule has 194 valence electrons. The SMILES string of the molecule is CNCCNc1ccc(-c2cc(C(=O)N(C)Cc3cnc(C(C)O)n3C)c3cc(O)ccc3n2)nc1C. The van der Waals surface area contributed by atoms with E-state index < -0.39 is 6.10 Å². The minimum Gasteiger partial charge on any atom is -0.508 e. The molecule has 0 fully saturated rings. The number of pyridine rings is 2. The first-order valence-electron chi connectivity index (χ1n) is 12.1. The summed E-state index contributed by atoms with van der Waals surface area (Å²) in [6, 6.07) is 10.4. The number of aromatic nitrogens is 4. The molecule has 1 atom stereocenters. The van der Waals surface area contributed by atoms with E-state index in [1.165, 1.54) is 0 Å². The number of aliphatic hydroxyl groups excluding tert-OH is 1. The fourth-order valence-corrected chi connectivity index (χ4v) is 4.25. The number of benzene rings is 1. The largest absolute Gasteiger partial charge is 0.508 e. The van der Waals surface area contributed by atoms with Crippen LogP contribution in [0, 0.1) is 6.92 Å². The maximum atomic E-state index is 13.7. The average molecular weight is 504 g/mol. The van der Waals surface area contributed by atoms with Gasteiger partial charge in [0.2, 0.25) is 0 Å². The lowest BCUT2D eigenvalue weighted by atomic mass is 10.0. The Kier molecular flexibility index (Phi) is 7.70. The number of fused-ring (bicyclic) bond motifs is 1. The molecule has 37 heavy (non-hydrogen) atoms. The number of hydrogen-bond acceptors (Lipinski definition) is 8. The van der Waals surface area contributed by atoms with Crippen LogP contribution in [0.5, 0.6) is 5.75 Å². The van der Waals surface area contributed by atoms with E-state index >= 15 is 0 Å². The van der Waals surface area contributed by atoms with Crippen LogP contribution in [0.4, 0.5) is 5.69 Å². The molecule has 4 N–H and O–H groups in total. The number of carbonyl (C=O) groups is 1. The molecular formula is C27H33N7O3. The number of nitrogens with zero attached hydrogens (tertiary/aromatic N) is 5. The number of rotatable bonds is 9. The summed E-state index contributed by atoms with van der Waals surface area (Å²) in [5.41, 5.74) is 4.76. The van der Waals surface area contributed by atoms with Crippen molar-refractivity contribution >= 4 is 22.5 Å². The van der Waals surface area contributed by atoms with Crippen molar-refractivity contribution < 1.29 is 15.0 Å². The van der Waals surface area contributed by atoms with Gasteiger partial charge >= 0.3 is 0 Å². The number of phenols is 1. The third-order valence-corrected chi connectivity index (χ3v) is 6.30. The molecule has 0 aliphatic carbocycles. The van der Waals surface area contributed by atoms with Crippen LogP contribution in [0.25, 0.3) is 22.3 Å². The van der Waals surface area contributed by atoms with E-state index in [2.05, 4.69) is 15.6 Å². The molecule has 10 nitrogen and oxygen atoms in total. The zero-order chi connectivity index (χ0) is 26.7. The van der Waals surface area contributed by atoms with Gasteiger partial charge in [0.1, 0.15) is 17.7 Å². The van der Waals surface area contributed by atoms with Gasteiger partial charge < -0.3 is 30.3 Å². The summed E-state index contributed by atoms with van der Waals surface area (Å²) in [5, 5.41) is 27.0. The standard InChI is InChI=1S/C27H33N7O3/c1-16-22(29-11-10-28-3)8-9-24(31-16)25-13-21(20-12-19(36)6-7-23(20)32-25)27(37)33(4)15-18-14-30-26(17(2)35)34(18)5/h6-9,12-14,17,28-29,35-36H,10-11,15H2,1-5H3. The van der Waals surface area contributed by atoms with Crippen LogP contribution in [0.2, 0.25) is 0 Å². The maximum Gasteiger partial charge on any atom is 0.254 e. The van der Waals surface area contributed by atoms with Crippen molar-refractivity contribution in [3.05, 3.63) is 65.4 Å². The Labute approximate surface area is 216 Å². The number of nitrogens with one attached hydrogen (secondary N) is 2. The highest BCUT2D eigenvalue weighted by molar-refractivity contribution is 6.07. The van der Waals surface area contributed by atoms with Crippen LogP contribution in [-0.2, 0) is 13.6 Å². The summed E-state index contributed by atoms with van der Waals surface area (Å²) in [4.78, 5) is 29.0. The predicted octanol–water partition coefficient (Wildman–Crippen LogP) is 3.00. The van der Waals surface area contributed by atoms with Crippen molar-refractivity contribution in [3.8, 4) is 17.1 Å². The molecule has 0 radical (unpaired) electrons. The van der Waals surface area contributed by atoms with Crippen LogP contribution < -0.4 is 10.6 Å². The zero-order valence-corrected chi connectivity index (χ0v) is 21.8. The normalized spacial score (nSPS) is 12.1. The molecule has 1 aromatic carbocycles. The van der Waals surface area contributed by atoms with Crippen molar-refractivity contribution in [1.82, 2.24) is 29.7 Å². The average Bonchev–Trinajstić information content (AvgIpc) is 3.24. The number of phenolic OH excluding ortho intramolecular Hbond substituents is 1. The predicted molar refractivity (Wildman–Crippen MR) is 143 cm³/mol. The Morgan fingerprint density at radius 3 is 2.59 bits per heavy atom. The lowest BCUT2D eigenvalue weighted by molar-refractivity contribution is 0.0784. The second kappa shape index (κ2) is 10.9. The van der Waals surface area contributed by atoms with E-state index in [1.54, 1.807) is 53.9 Å². The van der Waals surface area contributed by atoms with Gasteiger partial charge in [-0.2, -0.15) is 0 Å². The number of aromatic hydroxyl groups is 1. The Hall–Kier alpha value is -4.02. The molecule has 0 aliphatic heterocycles. The van der Waals surface area contributed by atoms with E-state index in [4.69, 9.17) is 9.97 Å². The molecule has 3 aromatic heterocycles. The molecule has 1 amide bonds. The molecule has 0 spiro atoms. The van der Waals surface area contributed by atoms with Gasteiger partial charge in [0, 0.05) is 32.6 Å². The summed E-state index contributed by atoms with van der Waals surface area (Å²) >= 11 is 0. The van der Waals surface area contributed by atoms with Gasteiger partial charge in [0.05, 0.1) is 52.3 Å². The second-order valence-corrected chi connectivity index (χ2v) is 9.12. The Bertz CT molecular complexity index is 1430. The highest BCUT2D eigenvalue weighted by atomic mass is 16.3. The minimum absolute atomic E-state index is 0.0536. The summed E-state index contributed by atoms with van der Waals surface area (Å²) in [6.07, 6.45) is 0.947. The molecular weight excluding hydrogens is 470 g/mol. The zero-order valence-electron chi connectivity index (χ0n) is 21.8. The molecule has 0 aliphatic rings. The van der Waals surface area contributed by atoms with Crippen LogP contribution in [0.3, 0.4) is 0 Å². The Balaban J connectivity index is 1.70. The Morgan fingerprint density at radius 1 is 1.14 bits per heavy atom. The first-order chi connectivity index (χ1) is 17.7. The molecule has 4 rings (SSSR count). The number of likely N-dealkylation sites (N-methyl/N-ethyl adjacent to an activating group) is 1. The molecule has 1 unspecified atom stereocenters. The van der Waals surface area contributed by atoms with Crippen molar-refractivity contribution in [3.63, 3.8) is 0 Å². The topological polar surface area (TPSA) is 128 Å². The van der Waals surface area contributed by atoms with Crippen molar-refractivity contribution in [2.45, 2.75) is 26.5 Å². The highest BCUT2D eigenvalue weighted by Crippen LogP contribution is 2.29. The van der Waals surface area contributed by atoms with Crippen LogP contribution in [0.1, 0.15) is 40.6 Å². The van der Waals surface area contributed by atoms with E-state index in [1.807, 2.05) is 33.2 Å². The van der Waals surface area contributed by atoms with Gasteiger partial charge in [-0.1, -0.05) is 0 Å². The fourth-order valence-electron chi connectivity index (χ4n) is 4.25. The molecule has 0 saturated carbocycles. The number of amides is 1. The second-order valence-electron chi connectivity index (χ2n) is 9.12. The lowest BCUT2D eigenvalue weighted by Crippen LogP contribution is -2.27. The van der Waals surface area contributed by atoms with Crippen LogP contribution in [0.15, 0.2) is 42.6 Å². The van der Waals surface area contributed by atoms with Gasteiger partial charge in [0.15, 0.2) is 0 Å². The fraction of sp³-hybridized carbons (Fsp3) is 0.333. The van der Waals surface area contributed by atoms with E-state index in [0.717, 1.165) is 30.2 Å².